The fourth-order valence-corrected chi connectivity index (χ4v) is 2.41. The molecule has 2 aromatic carbocycles. The summed E-state index contributed by atoms with van der Waals surface area (Å²) in [6, 6.07) is 19.4. The highest BCUT2D eigenvalue weighted by Gasteiger charge is 2.02. The molecule has 0 radical (unpaired) electrons. The van der Waals surface area contributed by atoms with E-state index < -0.39 is 0 Å². The van der Waals surface area contributed by atoms with E-state index >= 15 is 0 Å². The summed E-state index contributed by atoms with van der Waals surface area (Å²) in [7, 11) is 0. The van der Waals surface area contributed by atoms with Gasteiger partial charge in [-0.2, -0.15) is 0 Å². The average molecular weight is 276 g/mol. The number of rotatable bonds is 5. The van der Waals surface area contributed by atoms with Crippen molar-refractivity contribution in [2.24, 2.45) is 0 Å². The van der Waals surface area contributed by atoms with Crippen molar-refractivity contribution >= 4 is 0 Å². The van der Waals surface area contributed by atoms with Crippen molar-refractivity contribution in [2.75, 3.05) is 0 Å². The third-order valence-electron chi connectivity index (χ3n) is 3.72. The first kappa shape index (κ1) is 15.3. The first-order valence-corrected chi connectivity index (χ1v) is 7.71. The largest absolute Gasteiger partial charge is 0.0819 e. The molecule has 108 valence electrons. The summed E-state index contributed by atoms with van der Waals surface area (Å²) in [6.07, 6.45) is 7.84. The van der Waals surface area contributed by atoms with Gasteiger partial charge in [-0.3, -0.25) is 0 Å². The maximum Gasteiger partial charge on any atom is -0.000722 e. The van der Waals surface area contributed by atoms with Crippen LogP contribution < -0.4 is 0 Å². The zero-order valence-corrected chi connectivity index (χ0v) is 13.2. The molecule has 0 heterocycles. The summed E-state index contributed by atoms with van der Waals surface area (Å²) in [5.41, 5.74) is 5.24. The highest BCUT2D eigenvalue weighted by molar-refractivity contribution is 5.63. The fourth-order valence-electron chi connectivity index (χ4n) is 2.41. The average Bonchev–Trinajstić information content (AvgIpc) is 2.54. The Balaban J connectivity index is 2.10. The SMILES string of the molecule is CC/C=C(C)\C=C/C(C)c1ccc(-c2ccccc2)cc1. The zero-order valence-electron chi connectivity index (χ0n) is 13.2. The molecule has 0 spiro atoms. The van der Waals surface area contributed by atoms with Crippen LogP contribution in [0.1, 0.15) is 38.7 Å². The minimum atomic E-state index is 0.440. The van der Waals surface area contributed by atoms with Gasteiger partial charge in [-0.25, -0.2) is 0 Å². The van der Waals surface area contributed by atoms with E-state index in [1.54, 1.807) is 0 Å². The Bertz CT molecular complexity index is 600. The molecule has 0 heteroatoms. The first-order valence-electron chi connectivity index (χ1n) is 7.71. The third kappa shape index (κ3) is 4.46. The minimum Gasteiger partial charge on any atom is -0.0819 e. The summed E-state index contributed by atoms with van der Waals surface area (Å²) >= 11 is 0. The summed E-state index contributed by atoms with van der Waals surface area (Å²) < 4.78 is 0. The number of allylic oxidation sites excluding steroid dienone is 4. The monoisotopic (exact) mass is 276 g/mol. The van der Waals surface area contributed by atoms with Gasteiger partial charge in [0.05, 0.1) is 0 Å². The van der Waals surface area contributed by atoms with Gasteiger partial charge >= 0.3 is 0 Å². The maximum atomic E-state index is 2.28. The van der Waals surface area contributed by atoms with Crippen molar-refractivity contribution in [1.29, 1.82) is 0 Å². The molecule has 1 unspecified atom stereocenters. The second kappa shape index (κ2) is 7.64. The van der Waals surface area contributed by atoms with Gasteiger partial charge in [0.25, 0.3) is 0 Å². The standard InChI is InChI=1S/C21H24/c1-4-8-17(2)11-12-18(3)19-13-15-21(16-14-19)20-9-6-5-7-10-20/h5-16,18H,4H2,1-3H3/b12-11-,17-8-. The van der Waals surface area contributed by atoms with Gasteiger partial charge in [0.2, 0.25) is 0 Å². The first-order chi connectivity index (χ1) is 10.2. The van der Waals surface area contributed by atoms with Gasteiger partial charge < -0.3 is 0 Å². The Labute approximate surface area is 128 Å². The van der Waals surface area contributed by atoms with Crippen LogP contribution in [0.15, 0.2) is 78.4 Å². The number of hydrogen-bond acceptors (Lipinski definition) is 0. The van der Waals surface area contributed by atoms with Crippen molar-refractivity contribution in [3.63, 3.8) is 0 Å². The molecule has 1 atom stereocenters. The van der Waals surface area contributed by atoms with Crippen molar-refractivity contribution in [3.8, 4) is 11.1 Å². The third-order valence-corrected chi connectivity index (χ3v) is 3.72. The van der Waals surface area contributed by atoms with Crippen LogP contribution in [-0.4, -0.2) is 0 Å². The van der Waals surface area contributed by atoms with E-state index in [-0.39, 0.29) is 0 Å². The minimum absolute atomic E-state index is 0.440. The molecule has 0 aliphatic rings. The van der Waals surface area contributed by atoms with Crippen LogP contribution in [0, 0.1) is 0 Å². The molecule has 0 saturated heterocycles. The van der Waals surface area contributed by atoms with Crippen LogP contribution >= 0.6 is 0 Å². The normalized spacial score (nSPS) is 13.6. The van der Waals surface area contributed by atoms with Crippen LogP contribution in [0.3, 0.4) is 0 Å². The molecule has 2 rings (SSSR count). The van der Waals surface area contributed by atoms with E-state index in [0.29, 0.717) is 5.92 Å². The van der Waals surface area contributed by atoms with Crippen molar-refractivity contribution < 1.29 is 0 Å². The molecule has 0 amide bonds. The summed E-state index contributed by atoms with van der Waals surface area (Å²) in [4.78, 5) is 0. The molecule has 2 aromatic rings. The number of benzene rings is 2. The fraction of sp³-hybridized carbons (Fsp3) is 0.238. The summed E-state index contributed by atoms with van der Waals surface area (Å²) in [5.74, 6) is 0.440. The van der Waals surface area contributed by atoms with Crippen LogP contribution in [0.4, 0.5) is 0 Å². The topological polar surface area (TPSA) is 0 Å². The lowest BCUT2D eigenvalue weighted by Gasteiger charge is -2.08. The molecule has 0 bridgehead atoms. The van der Waals surface area contributed by atoms with E-state index in [0.717, 1.165) is 6.42 Å². The molecule has 0 aliphatic carbocycles. The molecule has 0 N–H and O–H groups in total. The molecule has 21 heavy (non-hydrogen) atoms. The van der Waals surface area contributed by atoms with Crippen LogP contribution in [0.5, 0.6) is 0 Å². The number of hydrogen-bond donors (Lipinski definition) is 0. The van der Waals surface area contributed by atoms with Gasteiger partial charge in [0.15, 0.2) is 0 Å². The molecule has 0 aromatic heterocycles. The van der Waals surface area contributed by atoms with Crippen molar-refractivity contribution in [2.45, 2.75) is 33.1 Å². The van der Waals surface area contributed by atoms with E-state index in [9.17, 15) is 0 Å². The summed E-state index contributed by atoms with van der Waals surface area (Å²) in [5, 5.41) is 0. The Morgan fingerprint density at radius 2 is 1.57 bits per heavy atom. The van der Waals surface area contributed by atoms with Crippen LogP contribution in [0.25, 0.3) is 11.1 Å². The van der Waals surface area contributed by atoms with Crippen LogP contribution in [0.2, 0.25) is 0 Å². The second-order valence-corrected chi connectivity index (χ2v) is 5.49. The molecule has 0 nitrogen and oxygen atoms in total. The lowest BCUT2D eigenvalue weighted by Crippen LogP contribution is -1.89. The van der Waals surface area contributed by atoms with Gasteiger partial charge in [-0.05, 0) is 36.0 Å². The molecule has 0 saturated carbocycles. The molecular formula is C21H24. The highest BCUT2D eigenvalue weighted by Crippen LogP contribution is 2.23. The summed E-state index contributed by atoms with van der Waals surface area (Å²) in [6.45, 7) is 6.57. The van der Waals surface area contributed by atoms with E-state index in [4.69, 9.17) is 0 Å². The van der Waals surface area contributed by atoms with Crippen LogP contribution in [-0.2, 0) is 0 Å². The lowest BCUT2D eigenvalue weighted by molar-refractivity contribution is 0.965. The zero-order chi connectivity index (χ0) is 15.1. The van der Waals surface area contributed by atoms with Gasteiger partial charge in [0, 0.05) is 0 Å². The highest BCUT2D eigenvalue weighted by atomic mass is 14.1. The van der Waals surface area contributed by atoms with Gasteiger partial charge in [-0.1, -0.05) is 92.2 Å². The van der Waals surface area contributed by atoms with E-state index in [1.807, 2.05) is 0 Å². The smallest absolute Gasteiger partial charge is 0.000722 e. The maximum absolute atomic E-state index is 2.28. The molecule has 0 aliphatic heterocycles. The van der Waals surface area contributed by atoms with Gasteiger partial charge in [0.1, 0.15) is 0 Å². The predicted octanol–water partition coefficient (Wildman–Crippen LogP) is 6.37. The Hall–Kier alpha value is -2.08. The van der Waals surface area contributed by atoms with Crippen molar-refractivity contribution in [3.05, 3.63) is 84.0 Å². The quantitative estimate of drug-likeness (QED) is 0.557. The van der Waals surface area contributed by atoms with E-state index in [2.05, 4.69) is 93.6 Å². The molecule has 0 fully saturated rings. The van der Waals surface area contributed by atoms with E-state index in [1.165, 1.54) is 22.3 Å². The Kier molecular flexibility index (Phi) is 5.57. The van der Waals surface area contributed by atoms with Crippen molar-refractivity contribution in [1.82, 2.24) is 0 Å². The van der Waals surface area contributed by atoms with Gasteiger partial charge in [-0.15, -0.1) is 0 Å². The lowest BCUT2D eigenvalue weighted by atomic mass is 9.96. The Morgan fingerprint density at radius 3 is 2.19 bits per heavy atom. The Morgan fingerprint density at radius 1 is 0.952 bits per heavy atom. The second-order valence-electron chi connectivity index (χ2n) is 5.49. The predicted molar refractivity (Wildman–Crippen MR) is 93.5 cm³/mol. The molecular weight excluding hydrogens is 252 g/mol.